The summed E-state index contributed by atoms with van der Waals surface area (Å²) in [7, 11) is 0. The molecular weight excluding hydrogens is 477 g/mol. The minimum Gasteiger partial charge on any atom is -0.458 e. The lowest BCUT2D eigenvalue weighted by atomic mass is 9.34. The van der Waals surface area contributed by atoms with Gasteiger partial charge >= 0.3 is 0 Å². The number of ether oxygens (including phenoxy) is 2. The van der Waals surface area contributed by atoms with E-state index in [1.54, 1.807) is 0 Å². The molecule has 0 atom stereocenters. The minimum atomic E-state index is -0.0131. The molecular formula is C35H22BNO2. The lowest BCUT2D eigenvalue weighted by molar-refractivity contribution is 0.465. The average molecular weight is 499 g/mol. The zero-order valence-electron chi connectivity index (χ0n) is 21.0. The Bertz CT molecular complexity index is 1840. The fourth-order valence-corrected chi connectivity index (χ4v) is 5.83. The van der Waals surface area contributed by atoms with Crippen molar-refractivity contribution in [2.75, 3.05) is 0 Å². The lowest BCUT2D eigenvalue weighted by Crippen LogP contribution is -2.57. The maximum Gasteiger partial charge on any atom is 0.260 e. The summed E-state index contributed by atoms with van der Waals surface area (Å²) in [5.74, 6) is 3.38. The zero-order valence-corrected chi connectivity index (χ0v) is 21.0. The van der Waals surface area contributed by atoms with Crippen LogP contribution in [0.1, 0.15) is 0 Å². The third-order valence-electron chi connectivity index (χ3n) is 7.68. The number of benzene rings is 5. The van der Waals surface area contributed by atoms with Crippen LogP contribution in [0.3, 0.4) is 0 Å². The molecule has 3 heterocycles. The molecule has 6 aromatic rings. The van der Waals surface area contributed by atoms with Gasteiger partial charge in [0.2, 0.25) is 0 Å². The fraction of sp³-hybridized carbons (Fsp3) is 0. The number of rotatable bonds is 3. The van der Waals surface area contributed by atoms with E-state index in [1.807, 2.05) is 36.5 Å². The van der Waals surface area contributed by atoms with Crippen LogP contribution in [0, 0.1) is 0 Å². The Morgan fingerprint density at radius 3 is 1.72 bits per heavy atom. The fourth-order valence-electron chi connectivity index (χ4n) is 5.83. The molecule has 0 N–H and O–H groups in total. The maximum absolute atomic E-state index is 6.76. The first kappa shape index (κ1) is 21.9. The summed E-state index contributed by atoms with van der Waals surface area (Å²) >= 11 is 0. The van der Waals surface area contributed by atoms with Gasteiger partial charge < -0.3 is 9.47 Å². The van der Waals surface area contributed by atoms with Crippen molar-refractivity contribution in [2.24, 2.45) is 0 Å². The van der Waals surface area contributed by atoms with Crippen molar-refractivity contribution in [3.63, 3.8) is 0 Å². The van der Waals surface area contributed by atoms with E-state index in [4.69, 9.17) is 9.47 Å². The van der Waals surface area contributed by atoms with Crippen LogP contribution >= 0.6 is 0 Å². The van der Waals surface area contributed by atoms with Crippen LogP contribution in [-0.4, -0.2) is 11.7 Å². The third-order valence-corrected chi connectivity index (χ3v) is 7.68. The van der Waals surface area contributed by atoms with Gasteiger partial charge in [-0.3, -0.25) is 4.98 Å². The van der Waals surface area contributed by atoms with Gasteiger partial charge in [0.1, 0.15) is 23.0 Å². The Kier molecular flexibility index (Phi) is 4.92. The Morgan fingerprint density at radius 1 is 0.487 bits per heavy atom. The Hall–Kier alpha value is -5.09. The molecule has 0 amide bonds. The SMILES string of the molecule is c1ccc(-c2ccc3c(c2)Oc2ccc(-c4ccccn4)c4c2B3c2ccc(-c3ccccc3)cc2O4)cc1. The van der Waals surface area contributed by atoms with Crippen molar-refractivity contribution < 1.29 is 9.47 Å². The first-order chi connectivity index (χ1) is 19.3. The van der Waals surface area contributed by atoms with Gasteiger partial charge in [0.15, 0.2) is 0 Å². The molecule has 2 aliphatic rings. The summed E-state index contributed by atoms with van der Waals surface area (Å²) in [5, 5.41) is 0. The van der Waals surface area contributed by atoms with Crippen molar-refractivity contribution in [3.8, 4) is 56.5 Å². The first-order valence-electron chi connectivity index (χ1n) is 13.2. The number of aromatic nitrogens is 1. The second kappa shape index (κ2) is 8.75. The van der Waals surface area contributed by atoms with Crippen molar-refractivity contribution in [3.05, 3.63) is 134 Å². The van der Waals surface area contributed by atoms with Gasteiger partial charge in [0.05, 0.1) is 5.69 Å². The van der Waals surface area contributed by atoms with Gasteiger partial charge in [-0.1, -0.05) is 91.0 Å². The second-order valence-corrected chi connectivity index (χ2v) is 9.94. The highest BCUT2D eigenvalue weighted by atomic mass is 16.5. The monoisotopic (exact) mass is 499 g/mol. The summed E-state index contributed by atoms with van der Waals surface area (Å²) < 4.78 is 13.3. The molecule has 8 rings (SSSR count). The molecule has 0 saturated heterocycles. The highest BCUT2D eigenvalue weighted by molar-refractivity contribution is 6.98. The van der Waals surface area contributed by atoms with E-state index in [0.29, 0.717) is 0 Å². The van der Waals surface area contributed by atoms with Crippen LogP contribution in [0.4, 0.5) is 0 Å². The molecule has 5 aromatic carbocycles. The highest BCUT2D eigenvalue weighted by Crippen LogP contribution is 2.41. The summed E-state index contributed by atoms with van der Waals surface area (Å²) in [6, 6.07) is 44.1. The minimum absolute atomic E-state index is 0.0131. The van der Waals surface area contributed by atoms with Crippen LogP contribution in [0.15, 0.2) is 134 Å². The molecule has 3 nitrogen and oxygen atoms in total. The van der Waals surface area contributed by atoms with Crippen molar-refractivity contribution in [1.29, 1.82) is 0 Å². The van der Waals surface area contributed by atoms with E-state index >= 15 is 0 Å². The predicted molar refractivity (Wildman–Crippen MR) is 158 cm³/mol. The maximum atomic E-state index is 6.76. The number of nitrogens with zero attached hydrogens (tertiary/aromatic N) is 1. The molecule has 1 aromatic heterocycles. The van der Waals surface area contributed by atoms with Crippen molar-refractivity contribution >= 4 is 23.1 Å². The first-order valence-corrected chi connectivity index (χ1v) is 13.2. The van der Waals surface area contributed by atoms with Gasteiger partial charge in [-0.05, 0) is 69.6 Å². The van der Waals surface area contributed by atoms with Crippen molar-refractivity contribution in [1.82, 2.24) is 4.98 Å². The number of hydrogen-bond donors (Lipinski definition) is 0. The largest absolute Gasteiger partial charge is 0.458 e. The number of fused-ring (bicyclic) bond motifs is 4. The van der Waals surface area contributed by atoms with E-state index in [0.717, 1.165) is 67.3 Å². The Labute approximate surface area is 227 Å². The predicted octanol–water partition coefficient (Wildman–Crippen LogP) is 6.81. The van der Waals surface area contributed by atoms with Gasteiger partial charge in [-0.2, -0.15) is 0 Å². The molecule has 0 radical (unpaired) electrons. The molecule has 0 aliphatic carbocycles. The molecule has 0 spiro atoms. The quantitative estimate of drug-likeness (QED) is 0.250. The summed E-state index contributed by atoms with van der Waals surface area (Å²) in [4.78, 5) is 4.65. The molecule has 182 valence electrons. The third kappa shape index (κ3) is 3.57. The van der Waals surface area contributed by atoms with Gasteiger partial charge in [0, 0.05) is 17.2 Å². The molecule has 4 heteroatoms. The highest BCUT2D eigenvalue weighted by Gasteiger charge is 2.41. The van der Waals surface area contributed by atoms with Crippen LogP contribution in [0.2, 0.25) is 0 Å². The zero-order chi connectivity index (χ0) is 25.8. The number of hydrogen-bond acceptors (Lipinski definition) is 3. The average Bonchev–Trinajstić information content (AvgIpc) is 3.01. The second-order valence-electron chi connectivity index (χ2n) is 9.94. The van der Waals surface area contributed by atoms with Crippen LogP contribution < -0.4 is 25.9 Å². The summed E-state index contributed by atoms with van der Waals surface area (Å²) in [6.45, 7) is -0.0131. The van der Waals surface area contributed by atoms with Gasteiger partial charge in [-0.25, -0.2) is 0 Å². The Balaban J connectivity index is 1.35. The van der Waals surface area contributed by atoms with Crippen LogP contribution in [0.25, 0.3) is 33.5 Å². The molecule has 0 unspecified atom stereocenters. The van der Waals surface area contributed by atoms with E-state index in [1.165, 1.54) is 5.56 Å². The number of pyridine rings is 1. The molecule has 0 saturated carbocycles. The van der Waals surface area contributed by atoms with E-state index in [9.17, 15) is 0 Å². The van der Waals surface area contributed by atoms with E-state index in [-0.39, 0.29) is 6.71 Å². The van der Waals surface area contributed by atoms with Crippen LogP contribution in [0.5, 0.6) is 23.0 Å². The topological polar surface area (TPSA) is 31.4 Å². The van der Waals surface area contributed by atoms with Crippen LogP contribution in [-0.2, 0) is 0 Å². The van der Waals surface area contributed by atoms with Gasteiger partial charge in [0.25, 0.3) is 6.71 Å². The molecule has 39 heavy (non-hydrogen) atoms. The van der Waals surface area contributed by atoms with E-state index in [2.05, 4.69) is 102 Å². The summed E-state index contributed by atoms with van der Waals surface area (Å²) in [5.41, 5.74) is 9.75. The molecule has 2 aliphatic heterocycles. The molecule has 0 bridgehead atoms. The standard InChI is InChI=1S/C35H22BNO2/c1-3-9-23(10-4-1)25-14-17-28-32(21-25)38-31-19-16-27(30-13-7-8-20-37-30)35-34(31)36(28)29-18-15-26(22-33(29)39-35)24-11-5-2-6-12-24/h1-22H. The smallest absolute Gasteiger partial charge is 0.260 e. The Morgan fingerprint density at radius 2 is 1.10 bits per heavy atom. The van der Waals surface area contributed by atoms with E-state index < -0.39 is 0 Å². The normalized spacial score (nSPS) is 12.5. The molecule has 0 fully saturated rings. The van der Waals surface area contributed by atoms with Crippen molar-refractivity contribution in [2.45, 2.75) is 0 Å². The lowest BCUT2D eigenvalue weighted by Gasteiger charge is -2.34. The summed E-state index contributed by atoms with van der Waals surface area (Å²) in [6.07, 6.45) is 1.82. The van der Waals surface area contributed by atoms with Gasteiger partial charge in [-0.15, -0.1) is 0 Å².